The van der Waals surface area contributed by atoms with E-state index in [-0.39, 0.29) is 24.4 Å². The smallest absolute Gasteiger partial charge is 0.416 e. The van der Waals surface area contributed by atoms with Crippen molar-refractivity contribution < 1.29 is 27.5 Å². The van der Waals surface area contributed by atoms with E-state index in [1.54, 1.807) is 18.3 Å². The number of aromatic nitrogens is 1. The largest absolute Gasteiger partial charge is 0.487 e. The van der Waals surface area contributed by atoms with Crippen LogP contribution in [0.25, 0.3) is 0 Å². The number of rotatable bonds is 8. The number of ether oxygens (including phenoxy) is 1. The quantitative estimate of drug-likeness (QED) is 0.466. The molecule has 0 radical (unpaired) electrons. The summed E-state index contributed by atoms with van der Waals surface area (Å²) in [5.41, 5.74) is 1.01. The molecule has 1 aliphatic rings. The van der Waals surface area contributed by atoms with Crippen LogP contribution in [0.2, 0.25) is 0 Å². The molecule has 1 aromatic heterocycles. The Morgan fingerprint density at radius 1 is 1.03 bits per heavy atom. The number of alkyl halides is 3. The van der Waals surface area contributed by atoms with Gasteiger partial charge in [-0.2, -0.15) is 13.2 Å². The molecule has 1 saturated heterocycles. The predicted octanol–water partition coefficient (Wildman–Crippen LogP) is 4.92. The van der Waals surface area contributed by atoms with Crippen LogP contribution in [0.15, 0.2) is 72.9 Å². The number of nitrogens with zero attached hydrogens (tertiary/aromatic N) is 2. The van der Waals surface area contributed by atoms with Crippen molar-refractivity contribution in [2.24, 2.45) is 0 Å². The molecule has 3 aromatic rings. The second-order valence-electron chi connectivity index (χ2n) is 8.95. The van der Waals surface area contributed by atoms with Crippen LogP contribution >= 0.6 is 0 Å². The lowest BCUT2D eigenvalue weighted by Crippen LogP contribution is -2.48. The number of carbonyl (C=O) groups is 2. The molecule has 4 rings (SSSR count). The van der Waals surface area contributed by atoms with Crippen molar-refractivity contribution in [1.82, 2.24) is 15.2 Å². The zero-order valence-corrected chi connectivity index (χ0v) is 20.2. The molecule has 1 atom stereocenters. The first-order valence-corrected chi connectivity index (χ1v) is 12.1. The average Bonchev–Trinajstić information content (AvgIpc) is 3.11. The van der Waals surface area contributed by atoms with Crippen LogP contribution in [0.4, 0.5) is 13.2 Å². The molecule has 1 fully saturated rings. The third kappa shape index (κ3) is 7.31. The van der Waals surface area contributed by atoms with E-state index in [9.17, 15) is 22.8 Å². The Hall–Kier alpha value is -3.88. The van der Waals surface area contributed by atoms with Crippen LogP contribution in [0.5, 0.6) is 5.75 Å². The van der Waals surface area contributed by atoms with Gasteiger partial charge in [-0.3, -0.25) is 14.6 Å². The van der Waals surface area contributed by atoms with E-state index in [4.69, 9.17) is 4.74 Å². The predicted molar refractivity (Wildman–Crippen MR) is 131 cm³/mol. The highest BCUT2D eigenvalue weighted by Crippen LogP contribution is 2.30. The Bertz CT molecular complexity index is 1200. The van der Waals surface area contributed by atoms with Gasteiger partial charge in [0.1, 0.15) is 18.4 Å². The van der Waals surface area contributed by atoms with Crippen LogP contribution in [0.1, 0.15) is 41.6 Å². The molecular formula is C28H28F3N3O3. The Kier molecular flexibility index (Phi) is 8.43. The van der Waals surface area contributed by atoms with Crippen molar-refractivity contribution in [3.63, 3.8) is 0 Å². The van der Waals surface area contributed by atoms with Gasteiger partial charge in [0, 0.05) is 19.3 Å². The Balaban J connectivity index is 1.50. The lowest BCUT2D eigenvalue weighted by molar-refractivity contribution is -0.141. The minimum absolute atomic E-state index is 0.149. The van der Waals surface area contributed by atoms with Gasteiger partial charge in [0.25, 0.3) is 0 Å². The van der Waals surface area contributed by atoms with Crippen molar-refractivity contribution in [2.45, 2.75) is 51.1 Å². The van der Waals surface area contributed by atoms with Gasteiger partial charge in [0.05, 0.1) is 17.7 Å². The first-order valence-electron chi connectivity index (χ1n) is 12.1. The third-order valence-corrected chi connectivity index (χ3v) is 6.20. The van der Waals surface area contributed by atoms with E-state index in [0.717, 1.165) is 36.2 Å². The zero-order valence-electron chi connectivity index (χ0n) is 20.2. The highest BCUT2D eigenvalue weighted by molar-refractivity contribution is 5.88. The normalized spacial score (nSPS) is 16.0. The molecule has 6 nitrogen and oxygen atoms in total. The molecule has 2 heterocycles. The fourth-order valence-electron chi connectivity index (χ4n) is 4.26. The molecule has 2 aromatic carbocycles. The monoisotopic (exact) mass is 511 g/mol. The molecule has 2 amide bonds. The van der Waals surface area contributed by atoms with Crippen molar-refractivity contribution in [2.75, 3.05) is 6.54 Å². The molecular weight excluding hydrogens is 483 g/mol. The first kappa shape index (κ1) is 26.2. The van der Waals surface area contributed by atoms with Crippen LogP contribution in [0, 0.1) is 0 Å². The summed E-state index contributed by atoms with van der Waals surface area (Å²) in [4.78, 5) is 31.9. The minimum Gasteiger partial charge on any atom is -0.487 e. The van der Waals surface area contributed by atoms with E-state index >= 15 is 0 Å². The summed E-state index contributed by atoms with van der Waals surface area (Å²) in [6, 6.07) is 16.8. The van der Waals surface area contributed by atoms with Crippen molar-refractivity contribution >= 4 is 11.8 Å². The summed E-state index contributed by atoms with van der Waals surface area (Å²) >= 11 is 0. The van der Waals surface area contributed by atoms with Gasteiger partial charge in [-0.05, 0) is 60.7 Å². The summed E-state index contributed by atoms with van der Waals surface area (Å²) < 4.78 is 45.2. The minimum atomic E-state index is -4.50. The van der Waals surface area contributed by atoms with Gasteiger partial charge in [0.2, 0.25) is 11.8 Å². The Labute approximate surface area is 213 Å². The van der Waals surface area contributed by atoms with Gasteiger partial charge in [-0.1, -0.05) is 36.4 Å². The number of nitrogens with one attached hydrogen (secondary N) is 1. The fraction of sp³-hybridized carbons (Fsp3) is 0.321. The summed E-state index contributed by atoms with van der Waals surface area (Å²) in [5.74, 6) is -0.0227. The summed E-state index contributed by atoms with van der Waals surface area (Å²) in [5, 5.41) is 2.84. The number of carbonyl (C=O) groups excluding carboxylic acids is 2. The van der Waals surface area contributed by atoms with Gasteiger partial charge in [-0.15, -0.1) is 0 Å². The van der Waals surface area contributed by atoms with Gasteiger partial charge in [0.15, 0.2) is 0 Å². The lowest BCUT2D eigenvalue weighted by Gasteiger charge is -2.30. The summed E-state index contributed by atoms with van der Waals surface area (Å²) in [6.07, 6.45) is -0.988. The fourth-order valence-corrected chi connectivity index (χ4v) is 4.26. The molecule has 194 valence electrons. The highest BCUT2D eigenvalue weighted by Gasteiger charge is 2.33. The number of halogens is 3. The SMILES string of the molecule is O=C1NCCCC[C@@H]1N(Cc1ccc(OCc2ccccn2)cc1)C(=O)Cc1cccc(C(F)(F)F)c1. The highest BCUT2D eigenvalue weighted by atomic mass is 19.4. The van der Waals surface area contributed by atoms with Crippen LogP contribution in [-0.4, -0.2) is 34.3 Å². The average molecular weight is 512 g/mol. The van der Waals surface area contributed by atoms with Gasteiger partial charge in [-0.25, -0.2) is 0 Å². The molecule has 0 spiro atoms. The lowest BCUT2D eigenvalue weighted by atomic mass is 10.0. The van der Waals surface area contributed by atoms with Crippen LogP contribution < -0.4 is 10.1 Å². The third-order valence-electron chi connectivity index (χ3n) is 6.20. The van der Waals surface area contributed by atoms with E-state index in [1.165, 1.54) is 17.0 Å². The van der Waals surface area contributed by atoms with E-state index in [1.807, 2.05) is 30.3 Å². The molecule has 0 aliphatic carbocycles. The van der Waals surface area contributed by atoms with Gasteiger partial charge >= 0.3 is 6.18 Å². The number of benzene rings is 2. The number of hydrogen-bond donors (Lipinski definition) is 1. The molecule has 0 saturated carbocycles. The Morgan fingerprint density at radius 3 is 2.57 bits per heavy atom. The van der Waals surface area contributed by atoms with E-state index in [2.05, 4.69) is 10.3 Å². The van der Waals surface area contributed by atoms with Crippen LogP contribution in [0.3, 0.4) is 0 Å². The maximum atomic E-state index is 13.4. The first-order chi connectivity index (χ1) is 17.8. The molecule has 1 aliphatic heterocycles. The number of pyridine rings is 1. The summed E-state index contributed by atoms with van der Waals surface area (Å²) in [7, 11) is 0. The molecule has 37 heavy (non-hydrogen) atoms. The second-order valence-corrected chi connectivity index (χ2v) is 8.95. The molecule has 9 heteroatoms. The molecule has 0 unspecified atom stereocenters. The van der Waals surface area contributed by atoms with Crippen molar-refractivity contribution in [3.8, 4) is 5.75 Å². The Morgan fingerprint density at radius 2 is 1.84 bits per heavy atom. The van der Waals surface area contributed by atoms with Crippen LogP contribution in [-0.2, 0) is 35.3 Å². The van der Waals surface area contributed by atoms with Crippen molar-refractivity contribution in [3.05, 3.63) is 95.3 Å². The topological polar surface area (TPSA) is 71.5 Å². The van der Waals surface area contributed by atoms with Crippen molar-refractivity contribution in [1.29, 1.82) is 0 Å². The number of amides is 2. The second kappa shape index (κ2) is 11.9. The maximum absolute atomic E-state index is 13.4. The molecule has 1 N–H and O–H groups in total. The zero-order chi connectivity index (χ0) is 26.3. The maximum Gasteiger partial charge on any atom is 0.416 e. The summed E-state index contributed by atoms with van der Waals surface area (Å²) in [6.45, 7) is 0.994. The standard InChI is InChI=1S/C28H28F3N3O3/c29-28(30,31)22-7-5-6-21(16-22)17-26(35)34(25-9-2-4-15-33-27(25)36)18-20-10-12-24(13-11-20)37-19-23-8-1-3-14-32-23/h1,3,5-8,10-14,16,25H,2,4,9,15,17-19H2,(H,33,36)/t25-/m0/s1. The van der Waals surface area contributed by atoms with E-state index < -0.39 is 23.7 Å². The number of hydrogen-bond acceptors (Lipinski definition) is 4. The molecule has 0 bridgehead atoms. The van der Waals surface area contributed by atoms with E-state index in [0.29, 0.717) is 25.3 Å². The van der Waals surface area contributed by atoms with Gasteiger partial charge < -0.3 is 15.0 Å².